The van der Waals surface area contributed by atoms with Crippen molar-refractivity contribution in [1.29, 1.82) is 0 Å². The Morgan fingerprint density at radius 2 is 1.77 bits per heavy atom. The van der Waals surface area contributed by atoms with Crippen molar-refractivity contribution in [3.63, 3.8) is 0 Å². The van der Waals surface area contributed by atoms with Gasteiger partial charge in [0, 0.05) is 5.57 Å². The lowest BCUT2D eigenvalue weighted by Gasteiger charge is -2.33. The van der Waals surface area contributed by atoms with Crippen LogP contribution in [-0.2, 0) is 14.3 Å². The molecule has 22 heavy (non-hydrogen) atoms. The van der Waals surface area contributed by atoms with Gasteiger partial charge in [0.05, 0.1) is 0 Å². The first-order valence-electron chi connectivity index (χ1n) is 7.63. The van der Waals surface area contributed by atoms with E-state index in [2.05, 4.69) is 0 Å². The molecule has 1 heterocycles. The van der Waals surface area contributed by atoms with E-state index in [1.807, 2.05) is 42.5 Å². The number of ether oxygens (including phenoxy) is 1. The molecular weight excluding hydrogens is 278 g/mol. The van der Waals surface area contributed by atoms with Crippen molar-refractivity contribution in [2.45, 2.75) is 37.7 Å². The van der Waals surface area contributed by atoms with Crippen LogP contribution in [0.3, 0.4) is 0 Å². The fraction of sp³-hybridized carbons (Fsp3) is 0.333. The molecule has 2 aliphatic rings. The summed E-state index contributed by atoms with van der Waals surface area (Å²) in [6.07, 6.45) is 8.33. The Morgan fingerprint density at radius 1 is 1.09 bits per heavy atom. The van der Waals surface area contributed by atoms with Gasteiger partial charge in [-0.3, -0.25) is 4.79 Å². The first kappa shape index (κ1) is 14.6. The predicted molar refractivity (Wildman–Crippen MR) is 83.6 cm³/mol. The summed E-state index contributed by atoms with van der Waals surface area (Å²) in [5, 5.41) is 0. The maximum Gasteiger partial charge on any atom is 0.345 e. The molecule has 1 spiro atoms. The molecule has 0 unspecified atom stereocenters. The molecule has 0 saturated heterocycles. The highest BCUT2D eigenvalue weighted by Gasteiger charge is 2.48. The van der Waals surface area contributed by atoms with Gasteiger partial charge in [-0.25, -0.2) is 4.79 Å². The molecule has 1 aromatic rings. The van der Waals surface area contributed by atoms with Crippen LogP contribution in [0.4, 0.5) is 0 Å². The van der Waals surface area contributed by atoms with Crippen molar-refractivity contribution < 1.29 is 14.3 Å². The van der Waals surface area contributed by atoms with Crippen LogP contribution in [0.25, 0.3) is 6.08 Å². The van der Waals surface area contributed by atoms with E-state index >= 15 is 0 Å². The Bertz CT molecular complexity index is 652. The SMILES string of the molecule is NC(=O)C1=C(/C=C/c2ccccc2)C2(CCCCC2)OC1=O. The Kier molecular flexibility index (Phi) is 3.84. The second-order valence-electron chi connectivity index (χ2n) is 5.84. The molecule has 0 atom stereocenters. The van der Waals surface area contributed by atoms with Crippen molar-refractivity contribution in [1.82, 2.24) is 0 Å². The van der Waals surface area contributed by atoms with E-state index in [-0.39, 0.29) is 5.57 Å². The molecule has 0 radical (unpaired) electrons. The fourth-order valence-corrected chi connectivity index (χ4v) is 3.33. The van der Waals surface area contributed by atoms with Crippen LogP contribution < -0.4 is 5.73 Å². The first-order valence-corrected chi connectivity index (χ1v) is 7.63. The number of rotatable bonds is 3. The number of nitrogens with two attached hydrogens (primary N) is 1. The Labute approximate surface area is 129 Å². The summed E-state index contributed by atoms with van der Waals surface area (Å²) in [6, 6.07) is 9.75. The third-order valence-corrected chi connectivity index (χ3v) is 4.40. The molecule has 1 aliphatic carbocycles. The summed E-state index contributed by atoms with van der Waals surface area (Å²) in [5.41, 5.74) is 6.40. The average molecular weight is 297 g/mol. The molecule has 1 saturated carbocycles. The number of hydrogen-bond donors (Lipinski definition) is 1. The lowest BCUT2D eigenvalue weighted by Crippen LogP contribution is -2.34. The number of hydrogen-bond acceptors (Lipinski definition) is 3. The zero-order valence-electron chi connectivity index (χ0n) is 12.4. The molecule has 1 aliphatic heterocycles. The Morgan fingerprint density at radius 3 is 2.41 bits per heavy atom. The largest absolute Gasteiger partial charge is 0.450 e. The topological polar surface area (TPSA) is 69.4 Å². The van der Waals surface area contributed by atoms with Gasteiger partial charge in [-0.2, -0.15) is 0 Å². The zero-order valence-corrected chi connectivity index (χ0v) is 12.4. The summed E-state index contributed by atoms with van der Waals surface area (Å²) in [7, 11) is 0. The lowest BCUT2D eigenvalue weighted by molar-refractivity contribution is -0.149. The van der Waals surface area contributed by atoms with Crippen LogP contribution in [0.1, 0.15) is 37.7 Å². The number of esters is 1. The maximum absolute atomic E-state index is 12.1. The van der Waals surface area contributed by atoms with Crippen molar-refractivity contribution in [3.8, 4) is 0 Å². The van der Waals surface area contributed by atoms with Crippen molar-refractivity contribution >= 4 is 18.0 Å². The van der Waals surface area contributed by atoms with E-state index in [4.69, 9.17) is 10.5 Å². The van der Waals surface area contributed by atoms with E-state index < -0.39 is 17.5 Å². The van der Waals surface area contributed by atoms with Gasteiger partial charge in [0.15, 0.2) is 0 Å². The highest BCUT2D eigenvalue weighted by atomic mass is 16.6. The van der Waals surface area contributed by atoms with Crippen LogP contribution in [-0.4, -0.2) is 17.5 Å². The highest BCUT2D eigenvalue weighted by molar-refractivity contribution is 6.18. The van der Waals surface area contributed by atoms with Gasteiger partial charge in [0.2, 0.25) is 0 Å². The van der Waals surface area contributed by atoms with Crippen molar-refractivity contribution in [2.75, 3.05) is 0 Å². The Hall–Kier alpha value is -2.36. The standard InChI is InChI=1S/C18H19NO3/c19-16(20)15-14(10-9-13-7-3-1-4-8-13)18(22-17(15)21)11-5-2-6-12-18/h1,3-4,7-10H,2,5-6,11-12H2,(H2,19,20)/b10-9+. The molecule has 4 heteroatoms. The molecule has 4 nitrogen and oxygen atoms in total. The van der Waals surface area contributed by atoms with Gasteiger partial charge in [0.1, 0.15) is 11.2 Å². The van der Waals surface area contributed by atoms with Crippen molar-refractivity contribution in [2.24, 2.45) is 5.73 Å². The third-order valence-electron chi connectivity index (χ3n) is 4.40. The molecule has 114 valence electrons. The molecule has 0 bridgehead atoms. The highest BCUT2D eigenvalue weighted by Crippen LogP contribution is 2.44. The molecular formula is C18H19NO3. The molecule has 1 amide bonds. The van der Waals surface area contributed by atoms with Gasteiger partial charge in [-0.1, -0.05) is 48.9 Å². The maximum atomic E-state index is 12.1. The Balaban J connectivity index is 2.02. The van der Waals surface area contributed by atoms with Gasteiger partial charge in [0.25, 0.3) is 5.91 Å². The number of amides is 1. The summed E-state index contributed by atoms with van der Waals surface area (Å²) in [6.45, 7) is 0. The summed E-state index contributed by atoms with van der Waals surface area (Å²) >= 11 is 0. The summed E-state index contributed by atoms with van der Waals surface area (Å²) in [5.74, 6) is -1.29. The minimum absolute atomic E-state index is 0.00841. The van der Waals surface area contributed by atoms with Gasteiger partial charge in [-0.15, -0.1) is 0 Å². The number of carbonyl (C=O) groups excluding carboxylic acids is 2. The van der Waals surface area contributed by atoms with E-state index in [9.17, 15) is 9.59 Å². The predicted octanol–water partition coefficient (Wildman–Crippen LogP) is 2.74. The minimum atomic E-state index is -0.708. The zero-order chi connectivity index (χ0) is 15.6. The third kappa shape index (κ3) is 2.56. The summed E-state index contributed by atoms with van der Waals surface area (Å²) in [4.78, 5) is 23.8. The van der Waals surface area contributed by atoms with Crippen molar-refractivity contribution in [3.05, 3.63) is 53.1 Å². The molecule has 3 rings (SSSR count). The van der Waals surface area contributed by atoms with Gasteiger partial charge in [-0.05, 0) is 31.2 Å². The van der Waals surface area contributed by atoms with Gasteiger partial charge >= 0.3 is 5.97 Å². The minimum Gasteiger partial charge on any atom is -0.450 e. The van der Waals surface area contributed by atoms with E-state index in [1.165, 1.54) is 0 Å². The molecule has 0 aromatic heterocycles. The average Bonchev–Trinajstić information content (AvgIpc) is 2.78. The quantitative estimate of drug-likeness (QED) is 0.689. The second kappa shape index (κ2) is 5.79. The number of primary amides is 1. The van der Waals surface area contributed by atoms with E-state index in [1.54, 1.807) is 0 Å². The molecule has 1 aromatic carbocycles. The van der Waals surface area contributed by atoms with Crippen LogP contribution >= 0.6 is 0 Å². The van der Waals surface area contributed by atoms with Crippen LogP contribution in [0, 0.1) is 0 Å². The van der Waals surface area contributed by atoms with E-state index in [0.29, 0.717) is 5.57 Å². The number of benzene rings is 1. The molecule has 1 fully saturated rings. The first-order chi connectivity index (χ1) is 10.6. The lowest BCUT2D eigenvalue weighted by atomic mass is 9.78. The van der Waals surface area contributed by atoms with Gasteiger partial charge < -0.3 is 10.5 Å². The second-order valence-corrected chi connectivity index (χ2v) is 5.84. The smallest absolute Gasteiger partial charge is 0.345 e. The van der Waals surface area contributed by atoms with Crippen LogP contribution in [0.5, 0.6) is 0 Å². The normalized spacial score (nSPS) is 20.6. The van der Waals surface area contributed by atoms with Crippen LogP contribution in [0.15, 0.2) is 47.6 Å². The van der Waals surface area contributed by atoms with Crippen LogP contribution in [0.2, 0.25) is 0 Å². The summed E-state index contributed by atoms with van der Waals surface area (Å²) < 4.78 is 5.60. The van der Waals surface area contributed by atoms with E-state index in [0.717, 1.165) is 37.7 Å². The fourth-order valence-electron chi connectivity index (χ4n) is 3.33. The molecule has 2 N–H and O–H groups in total. The number of carbonyl (C=O) groups is 2. The monoisotopic (exact) mass is 297 g/mol.